The molecule has 26 heavy (non-hydrogen) atoms. The molecule has 2 aromatic carbocycles. The second kappa shape index (κ2) is 5.75. The molecule has 0 unspecified atom stereocenters. The van der Waals surface area contributed by atoms with E-state index in [2.05, 4.69) is 44.2 Å². The van der Waals surface area contributed by atoms with Crippen LogP contribution in [0.2, 0.25) is 0 Å². The van der Waals surface area contributed by atoms with Crippen LogP contribution in [0.3, 0.4) is 0 Å². The summed E-state index contributed by atoms with van der Waals surface area (Å²) in [6.07, 6.45) is 3.69. The van der Waals surface area contributed by atoms with Gasteiger partial charge in [-0.05, 0) is 50.3 Å². The van der Waals surface area contributed by atoms with E-state index in [9.17, 15) is 0 Å². The van der Waals surface area contributed by atoms with Gasteiger partial charge in [0.15, 0.2) is 11.5 Å². The lowest BCUT2D eigenvalue weighted by molar-refractivity contribution is -0.162. The number of para-hydroxylation sites is 1. The van der Waals surface area contributed by atoms with E-state index in [0.29, 0.717) is 17.9 Å². The molecule has 0 aromatic heterocycles. The molecule has 0 radical (unpaired) electrons. The van der Waals surface area contributed by atoms with E-state index in [1.807, 2.05) is 12.1 Å². The van der Waals surface area contributed by atoms with Crippen LogP contribution in [0.4, 0.5) is 0 Å². The summed E-state index contributed by atoms with van der Waals surface area (Å²) in [5.41, 5.74) is 3.83. The minimum Gasteiger partial charge on any atom is -0.493 e. The summed E-state index contributed by atoms with van der Waals surface area (Å²) in [6, 6.07) is 15.0. The van der Waals surface area contributed by atoms with Crippen LogP contribution in [0.15, 0.2) is 42.5 Å². The molecule has 5 rings (SSSR count). The summed E-state index contributed by atoms with van der Waals surface area (Å²) in [4.78, 5) is 0. The first-order chi connectivity index (χ1) is 12.6. The Balaban J connectivity index is 1.57. The van der Waals surface area contributed by atoms with Gasteiger partial charge in [0.2, 0.25) is 0 Å². The van der Waals surface area contributed by atoms with E-state index in [0.717, 1.165) is 36.3 Å². The number of fused-ring (bicyclic) bond motifs is 6. The topological polar surface area (TPSA) is 27.7 Å². The highest BCUT2D eigenvalue weighted by atomic mass is 16.5. The van der Waals surface area contributed by atoms with Crippen LogP contribution in [-0.2, 0) is 11.2 Å². The average Bonchev–Trinajstić information content (AvgIpc) is 2.66. The van der Waals surface area contributed by atoms with Crippen molar-refractivity contribution in [2.45, 2.75) is 56.8 Å². The van der Waals surface area contributed by atoms with Crippen LogP contribution in [-0.4, -0.2) is 18.8 Å². The summed E-state index contributed by atoms with van der Waals surface area (Å²) < 4.78 is 18.8. The quantitative estimate of drug-likeness (QED) is 0.721. The fraction of sp³-hybridized carbons (Fsp3) is 0.478. The number of ether oxygens (including phenoxy) is 3. The fourth-order valence-corrected chi connectivity index (χ4v) is 5.25. The first kappa shape index (κ1) is 16.2. The molecule has 1 aliphatic carbocycles. The highest BCUT2D eigenvalue weighted by Crippen LogP contribution is 2.57. The Morgan fingerprint density at radius 3 is 2.69 bits per heavy atom. The van der Waals surface area contributed by atoms with Gasteiger partial charge in [0, 0.05) is 17.4 Å². The monoisotopic (exact) mass is 350 g/mol. The van der Waals surface area contributed by atoms with Gasteiger partial charge < -0.3 is 14.2 Å². The minimum absolute atomic E-state index is 0.0790. The van der Waals surface area contributed by atoms with Gasteiger partial charge in [-0.2, -0.15) is 0 Å². The first-order valence-electron chi connectivity index (χ1n) is 9.67. The molecular weight excluding hydrogens is 324 g/mol. The van der Waals surface area contributed by atoms with Gasteiger partial charge in [0.05, 0.1) is 19.3 Å². The zero-order valence-corrected chi connectivity index (χ0v) is 15.7. The van der Waals surface area contributed by atoms with Crippen molar-refractivity contribution in [2.75, 3.05) is 7.11 Å². The predicted molar refractivity (Wildman–Crippen MR) is 101 cm³/mol. The van der Waals surface area contributed by atoms with E-state index in [1.54, 1.807) is 7.11 Å². The Morgan fingerprint density at radius 1 is 1.04 bits per heavy atom. The van der Waals surface area contributed by atoms with Gasteiger partial charge in [-0.15, -0.1) is 0 Å². The van der Waals surface area contributed by atoms with Crippen LogP contribution < -0.4 is 9.47 Å². The molecule has 2 heterocycles. The van der Waals surface area contributed by atoms with Crippen molar-refractivity contribution in [3.8, 4) is 11.5 Å². The van der Waals surface area contributed by atoms with Crippen LogP contribution in [0.25, 0.3) is 0 Å². The Hall–Kier alpha value is -2.00. The molecule has 0 bridgehead atoms. The van der Waals surface area contributed by atoms with Crippen LogP contribution >= 0.6 is 0 Å². The standard InChI is InChI=1S/C23H26O3/c1-23(2)18-13-17-15-8-5-4-7-14(15)11-12-19(17)25-21(18)16-9-6-10-20(24-3)22(16)26-23/h4-10,17-19,21H,11-13H2,1-3H3/t17-,18+,19+,21-/m1/s1. The molecule has 1 saturated heterocycles. The number of hydrogen-bond donors (Lipinski definition) is 0. The van der Waals surface area contributed by atoms with Crippen LogP contribution in [0.5, 0.6) is 11.5 Å². The minimum atomic E-state index is -0.288. The molecule has 136 valence electrons. The molecule has 3 aliphatic rings. The van der Waals surface area contributed by atoms with Gasteiger partial charge in [0.1, 0.15) is 5.60 Å². The second-order valence-electron chi connectivity index (χ2n) is 8.37. The zero-order valence-electron chi connectivity index (χ0n) is 15.7. The second-order valence-corrected chi connectivity index (χ2v) is 8.37. The summed E-state index contributed by atoms with van der Waals surface area (Å²) in [5, 5.41) is 0. The lowest BCUT2D eigenvalue weighted by atomic mass is 9.67. The Labute approximate surface area is 155 Å². The molecular formula is C23H26O3. The smallest absolute Gasteiger partial charge is 0.167 e. The molecule has 3 heteroatoms. The molecule has 0 spiro atoms. The van der Waals surface area contributed by atoms with Gasteiger partial charge in [-0.25, -0.2) is 0 Å². The zero-order chi connectivity index (χ0) is 17.9. The van der Waals surface area contributed by atoms with E-state index in [4.69, 9.17) is 14.2 Å². The summed E-state index contributed by atoms with van der Waals surface area (Å²) in [5.74, 6) is 2.45. The van der Waals surface area contributed by atoms with Gasteiger partial charge in [-0.1, -0.05) is 36.4 Å². The maximum Gasteiger partial charge on any atom is 0.167 e. The molecule has 2 aromatic rings. The van der Waals surface area contributed by atoms with Crippen LogP contribution in [0.1, 0.15) is 55.4 Å². The van der Waals surface area contributed by atoms with Gasteiger partial charge >= 0.3 is 0 Å². The van der Waals surface area contributed by atoms with Crippen molar-refractivity contribution < 1.29 is 14.2 Å². The van der Waals surface area contributed by atoms with E-state index >= 15 is 0 Å². The number of aryl methyl sites for hydroxylation is 1. The van der Waals surface area contributed by atoms with E-state index in [1.165, 1.54) is 11.1 Å². The molecule has 0 saturated carbocycles. The largest absolute Gasteiger partial charge is 0.493 e. The third kappa shape index (κ3) is 2.30. The lowest BCUT2D eigenvalue weighted by Gasteiger charge is -2.52. The van der Waals surface area contributed by atoms with Crippen molar-refractivity contribution in [1.29, 1.82) is 0 Å². The number of rotatable bonds is 1. The van der Waals surface area contributed by atoms with Crippen molar-refractivity contribution in [3.05, 3.63) is 59.2 Å². The number of benzene rings is 2. The Bertz CT molecular complexity index is 841. The van der Waals surface area contributed by atoms with E-state index < -0.39 is 0 Å². The van der Waals surface area contributed by atoms with Crippen molar-refractivity contribution >= 4 is 0 Å². The van der Waals surface area contributed by atoms with Crippen molar-refractivity contribution in [2.24, 2.45) is 5.92 Å². The molecule has 1 fully saturated rings. The van der Waals surface area contributed by atoms with Crippen molar-refractivity contribution in [3.63, 3.8) is 0 Å². The first-order valence-corrected chi connectivity index (χ1v) is 9.67. The molecule has 2 aliphatic heterocycles. The highest BCUT2D eigenvalue weighted by Gasteiger charge is 2.52. The van der Waals surface area contributed by atoms with Crippen LogP contribution in [0, 0.1) is 5.92 Å². The van der Waals surface area contributed by atoms with Gasteiger partial charge in [0.25, 0.3) is 0 Å². The number of hydrogen-bond acceptors (Lipinski definition) is 3. The fourth-order valence-electron chi connectivity index (χ4n) is 5.25. The predicted octanol–water partition coefficient (Wildman–Crippen LogP) is 5.04. The average molecular weight is 350 g/mol. The SMILES string of the molecule is COc1cccc2c1OC(C)(C)[C@H]1C[C@@H]3c4ccccc4CC[C@@H]3O[C@H]21. The molecule has 4 atom stereocenters. The third-order valence-electron chi connectivity index (χ3n) is 6.59. The van der Waals surface area contributed by atoms with E-state index in [-0.39, 0.29) is 11.7 Å². The highest BCUT2D eigenvalue weighted by molar-refractivity contribution is 5.50. The lowest BCUT2D eigenvalue weighted by Crippen LogP contribution is -2.51. The third-order valence-corrected chi connectivity index (χ3v) is 6.59. The summed E-state index contributed by atoms with van der Waals surface area (Å²) in [7, 11) is 1.70. The summed E-state index contributed by atoms with van der Waals surface area (Å²) >= 11 is 0. The Kier molecular flexibility index (Phi) is 3.58. The summed E-state index contributed by atoms with van der Waals surface area (Å²) in [6.45, 7) is 4.39. The Morgan fingerprint density at radius 2 is 1.85 bits per heavy atom. The molecule has 0 N–H and O–H groups in total. The number of methoxy groups -OCH3 is 1. The molecule has 3 nitrogen and oxygen atoms in total. The van der Waals surface area contributed by atoms with Crippen molar-refractivity contribution in [1.82, 2.24) is 0 Å². The maximum atomic E-state index is 6.78. The van der Waals surface area contributed by atoms with Gasteiger partial charge in [-0.3, -0.25) is 0 Å². The maximum absolute atomic E-state index is 6.78. The normalized spacial score (nSPS) is 30.9. The molecule has 0 amide bonds.